The summed E-state index contributed by atoms with van der Waals surface area (Å²) in [7, 11) is 0. The van der Waals surface area contributed by atoms with Gasteiger partial charge in [-0.05, 0) is 70.2 Å². The Morgan fingerprint density at radius 2 is 0.550 bits per heavy atom. The van der Waals surface area contributed by atoms with Crippen LogP contribution in [0.25, 0.3) is 36.5 Å². The number of unbranched alkanes of at least 4 members (excludes halogenated alkanes) is 4. The highest BCUT2D eigenvalue weighted by molar-refractivity contribution is 5.74. The van der Waals surface area contributed by atoms with Crippen LogP contribution in [0.5, 0.6) is 0 Å². The highest BCUT2D eigenvalue weighted by Gasteiger charge is 1.96. The van der Waals surface area contributed by atoms with E-state index in [1.807, 2.05) is 0 Å². The Labute approximate surface area is 242 Å². The van der Waals surface area contributed by atoms with E-state index in [0.29, 0.717) is 0 Å². The lowest BCUT2D eigenvalue weighted by molar-refractivity contribution is 0.717. The van der Waals surface area contributed by atoms with Crippen LogP contribution in [0, 0.1) is 0 Å². The van der Waals surface area contributed by atoms with Gasteiger partial charge in [0, 0.05) is 0 Å². The molecule has 0 aromatic heterocycles. The first-order chi connectivity index (χ1) is 19.7. The van der Waals surface area contributed by atoms with Crippen LogP contribution in [0.3, 0.4) is 0 Å². The Bertz CT molecular complexity index is 1240. The van der Waals surface area contributed by atoms with Gasteiger partial charge in [0.15, 0.2) is 0 Å². The Balaban J connectivity index is 1.26. The Morgan fingerprint density at radius 3 is 0.775 bits per heavy atom. The monoisotopic (exact) mass is 524 g/mol. The third-order valence-corrected chi connectivity index (χ3v) is 7.38. The van der Waals surface area contributed by atoms with Crippen LogP contribution < -0.4 is 0 Å². The minimum atomic E-state index is 1.18. The van der Waals surface area contributed by atoms with Crippen molar-refractivity contribution in [3.05, 3.63) is 142 Å². The zero-order chi connectivity index (χ0) is 27.8. The minimum absolute atomic E-state index is 1.18. The second-order valence-electron chi connectivity index (χ2n) is 10.7. The van der Waals surface area contributed by atoms with Gasteiger partial charge in [0.25, 0.3) is 0 Å². The molecule has 0 amide bonds. The van der Waals surface area contributed by atoms with Gasteiger partial charge >= 0.3 is 0 Å². The van der Waals surface area contributed by atoms with Gasteiger partial charge in [-0.2, -0.15) is 0 Å². The minimum Gasteiger partial charge on any atom is -0.0654 e. The fourth-order valence-electron chi connectivity index (χ4n) is 4.76. The van der Waals surface area contributed by atoms with E-state index in [0.717, 1.165) is 0 Å². The Morgan fingerprint density at radius 1 is 0.325 bits per heavy atom. The molecule has 0 aliphatic rings. The van der Waals surface area contributed by atoms with Gasteiger partial charge < -0.3 is 0 Å². The highest BCUT2D eigenvalue weighted by atomic mass is 14.0. The highest BCUT2D eigenvalue weighted by Crippen LogP contribution is 2.16. The molecule has 0 unspecified atom stereocenters. The smallest absolute Gasteiger partial charge is 0.0256 e. The van der Waals surface area contributed by atoms with Crippen LogP contribution in [0.15, 0.2) is 97.1 Å². The molecular formula is C40H44. The summed E-state index contributed by atoms with van der Waals surface area (Å²) in [5.74, 6) is 0. The molecule has 0 N–H and O–H groups in total. The second kappa shape index (κ2) is 16.3. The molecule has 0 heterocycles. The molecule has 0 bridgehead atoms. The summed E-state index contributed by atoms with van der Waals surface area (Å²) in [5.41, 5.74) is 10.2. The van der Waals surface area contributed by atoms with E-state index in [1.165, 1.54) is 95.9 Å². The first-order valence-corrected chi connectivity index (χ1v) is 15.1. The molecule has 0 saturated carbocycles. The molecule has 40 heavy (non-hydrogen) atoms. The van der Waals surface area contributed by atoms with E-state index >= 15 is 0 Å². The van der Waals surface area contributed by atoms with Crippen molar-refractivity contribution in [2.24, 2.45) is 0 Å². The summed E-state index contributed by atoms with van der Waals surface area (Å²) < 4.78 is 0. The lowest BCUT2D eigenvalue weighted by atomic mass is 10.0. The molecule has 0 nitrogen and oxygen atoms in total. The topological polar surface area (TPSA) is 0 Å². The third kappa shape index (κ3) is 10.0. The van der Waals surface area contributed by atoms with Crippen LogP contribution in [0.2, 0.25) is 0 Å². The summed E-state index contributed by atoms with van der Waals surface area (Å²) >= 11 is 0. The molecule has 0 fully saturated rings. The molecule has 204 valence electrons. The van der Waals surface area contributed by atoms with Crippen LogP contribution in [0.1, 0.15) is 96.9 Å². The second-order valence-corrected chi connectivity index (χ2v) is 10.7. The van der Waals surface area contributed by atoms with E-state index in [-0.39, 0.29) is 0 Å². The number of benzene rings is 4. The van der Waals surface area contributed by atoms with Crippen molar-refractivity contribution in [1.82, 2.24) is 0 Å². The predicted molar refractivity (Wildman–Crippen MR) is 179 cm³/mol. The van der Waals surface area contributed by atoms with Crippen molar-refractivity contribution in [2.45, 2.75) is 65.2 Å². The molecule has 0 saturated heterocycles. The molecular weight excluding hydrogens is 480 g/mol. The van der Waals surface area contributed by atoms with Crippen molar-refractivity contribution in [1.29, 1.82) is 0 Å². The fourth-order valence-corrected chi connectivity index (χ4v) is 4.76. The summed E-state index contributed by atoms with van der Waals surface area (Å²) in [4.78, 5) is 0. The third-order valence-electron chi connectivity index (χ3n) is 7.38. The standard InChI is InChI=1S/C40H44/c1-3-5-7-9-33-11-15-35(16-12-33)19-21-37-23-27-39(28-24-37)31-32-40-29-25-38(26-30-40)22-20-36-17-13-34(14-18-36)10-8-6-4-2/h11-32H,3-10H2,1-2H3/b21-19+,22-20+,32-31+. The first-order valence-electron chi connectivity index (χ1n) is 15.1. The lowest BCUT2D eigenvalue weighted by Gasteiger charge is -2.02. The number of hydrogen-bond donors (Lipinski definition) is 0. The predicted octanol–water partition coefficient (Wildman–Crippen LogP) is 11.7. The van der Waals surface area contributed by atoms with E-state index in [1.54, 1.807) is 0 Å². The number of hydrogen-bond acceptors (Lipinski definition) is 0. The van der Waals surface area contributed by atoms with Crippen LogP contribution in [-0.2, 0) is 12.8 Å². The quantitative estimate of drug-likeness (QED) is 0.114. The van der Waals surface area contributed by atoms with Crippen LogP contribution >= 0.6 is 0 Å². The van der Waals surface area contributed by atoms with Gasteiger partial charge in [0.1, 0.15) is 0 Å². The maximum absolute atomic E-state index is 2.26. The van der Waals surface area contributed by atoms with Crippen molar-refractivity contribution in [2.75, 3.05) is 0 Å². The maximum atomic E-state index is 2.26. The molecule has 4 rings (SSSR count). The van der Waals surface area contributed by atoms with Gasteiger partial charge in [0.05, 0.1) is 0 Å². The fraction of sp³-hybridized carbons (Fsp3) is 0.250. The average Bonchev–Trinajstić information content (AvgIpc) is 3.00. The molecule has 4 aromatic rings. The summed E-state index contributed by atoms with van der Waals surface area (Å²) in [6.45, 7) is 4.51. The summed E-state index contributed by atoms with van der Waals surface area (Å²) in [6, 6.07) is 35.4. The zero-order valence-electron chi connectivity index (χ0n) is 24.4. The van der Waals surface area contributed by atoms with Gasteiger partial charge in [-0.25, -0.2) is 0 Å². The molecule has 4 aromatic carbocycles. The zero-order valence-corrected chi connectivity index (χ0v) is 24.4. The van der Waals surface area contributed by atoms with Crippen LogP contribution in [0.4, 0.5) is 0 Å². The van der Waals surface area contributed by atoms with Crippen molar-refractivity contribution < 1.29 is 0 Å². The molecule has 0 aliphatic heterocycles. The summed E-state index contributed by atoms with van der Waals surface area (Å²) in [6.07, 6.45) is 23.2. The van der Waals surface area contributed by atoms with Crippen molar-refractivity contribution in [3.8, 4) is 0 Å². The molecule has 0 heteroatoms. The molecule has 0 spiro atoms. The van der Waals surface area contributed by atoms with E-state index in [4.69, 9.17) is 0 Å². The molecule has 0 atom stereocenters. The number of rotatable bonds is 14. The molecule has 0 aliphatic carbocycles. The van der Waals surface area contributed by atoms with Gasteiger partial charge in [-0.3, -0.25) is 0 Å². The Hall–Kier alpha value is -3.90. The van der Waals surface area contributed by atoms with Crippen molar-refractivity contribution in [3.63, 3.8) is 0 Å². The Kier molecular flexibility index (Phi) is 11.8. The van der Waals surface area contributed by atoms with E-state index in [2.05, 4.69) is 147 Å². The summed E-state index contributed by atoms with van der Waals surface area (Å²) in [5, 5.41) is 0. The molecule has 0 radical (unpaired) electrons. The van der Waals surface area contributed by atoms with Gasteiger partial charge in [0.2, 0.25) is 0 Å². The maximum Gasteiger partial charge on any atom is -0.0256 e. The van der Waals surface area contributed by atoms with Gasteiger partial charge in [-0.1, -0.05) is 173 Å². The average molecular weight is 525 g/mol. The SMILES string of the molecule is CCCCCc1ccc(/C=C/c2ccc(/C=C/c3ccc(/C=C/c4ccc(CCCCC)cc4)cc3)cc2)cc1. The largest absolute Gasteiger partial charge is 0.0654 e. The number of aryl methyl sites for hydroxylation is 2. The normalized spacial score (nSPS) is 11.8. The van der Waals surface area contributed by atoms with E-state index < -0.39 is 0 Å². The van der Waals surface area contributed by atoms with Crippen molar-refractivity contribution >= 4 is 36.5 Å². The van der Waals surface area contributed by atoms with Gasteiger partial charge in [-0.15, -0.1) is 0 Å². The lowest BCUT2D eigenvalue weighted by Crippen LogP contribution is -1.85. The van der Waals surface area contributed by atoms with Crippen LogP contribution in [-0.4, -0.2) is 0 Å². The van der Waals surface area contributed by atoms with E-state index in [9.17, 15) is 0 Å². The first kappa shape index (κ1) is 29.1.